The Bertz CT molecular complexity index is 329. The van der Waals surface area contributed by atoms with Gasteiger partial charge in [-0.2, -0.15) is 0 Å². The Morgan fingerprint density at radius 1 is 1.40 bits per heavy atom. The Labute approximate surface area is 95.3 Å². The lowest BCUT2D eigenvalue weighted by Gasteiger charge is -2.16. The van der Waals surface area contributed by atoms with E-state index in [0.717, 1.165) is 30.8 Å². The molecule has 0 heterocycles. The minimum absolute atomic E-state index is 0.177. The lowest BCUT2D eigenvalue weighted by atomic mass is 10.2. The second kappa shape index (κ2) is 4.97. The summed E-state index contributed by atoms with van der Waals surface area (Å²) in [6.07, 6.45) is 2.94. The predicted octanol–water partition coefficient (Wildman–Crippen LogP) is 2.34. The van der Waals surface area contributed by atoms with Crippen molar-refractivity contribution in [2.24, 2.45) is 0 Å². The van der Waals surface area contributed by atoms with Gasteiger partial charge in [0.25, 0.3) is 0 Å². The molecule has 15 heavy (non-hydrogen) atoms. The summed E-state index contributed by atoms with van der Waals surface area (Å²) in [5, 5.41) is 13.8. The summed E-state index contributed by atoms with van der Waals surface area (Å²) >= 11 is 5.89. The van der Waals surface area contributed by atoms with Crippen LogP contribution in [0, 0.1) is 0 Å². The Morgan fingerprint density at radius 3 is 2.93 bits per heavy atom. The number of benzene rings is 1. The first-order chi connectivity index (χ1) is 7.25. The fourth-order valence-corrected chi connectivity index (χ4v) is 2.29. The summed E-state index contributed by atoms with van der Waals surface area (Å²) in [6.45, 7) is 0.780. The molecule has 1 fully saturated rings. The molecule has 0 radical (unpaired) electrons. The summed E-state index contributed by atoms with van der Waals surface area (Å²) in [5.74, 6) is 0. The first-order valence-electron chi connectivity index (χ1n) is 5.41. The van der Waals surface area contributed by atoms with Crippen LogP contribution in [0.25, 0.3) is 0 Å². The lowest BCUT2D eigenvalue weighted by molar-refractivity contribution is 0.148. The highest BCUT2D eigenvalue weighted by molar-refractivity contribution is 6.30. The third-order valence-corrected chi connectivity index (χ3v) is 3.17. The molecule has 0 aromatic heterocycles. The van der Waals surface area contributed by atoms with Crippen LogP contribution in [0.1, 0.15) is 24.8 Å². The fourth-order valence-electron chi connectivity index (χ4n) is 2.07. The molecule has 1 aromatic carbocycles. The maximum Gasteiger partial charge on any atom is 0.0693 e. The lowest BCUT2D eigenvalue weighted by Crippen LogP contribution is -2.34. The molecule has 2 atom stereocenters. The topological polar surface area (TPSA) is 32.3 Å². The van der Waals surface area contributed by atoms with Gasteiger partial charge < -0.3 is 10.4 Å². The van der Waals surface area contributed by atoms with E-state index in [2.05, 4.69) is 5.32 Å². The minimum Gasteiger partial charge on any atom is -0.392 e. The van der Waals surface area contributed by atoms with E-state index in [1.54, 1.807) is 0 Å². The largest absolute Gasteiger partial charge is 0.392 e. The fraction of sp³-hybridized carbons (Fsp3) is 0.500. The van der Waals surface area contributed by atoms with E-state index < -0.39 is 0 Å². The molecule has 2 N–H and O–H groups in total. The number of halogens is 1. The number of rotatable bonds is 3. The van der Waals surface area contributed by atoms with E-state index in [9.17, 15) is 5.11 Å². The molecule has 0 unspecified atom stereocenters. The second-order valence-electron chi connectivity index (χ2n) is 4.12. The Hall–Kier alpha value is -0.570. The molecule has 0 spiro atoms. The van der Waals surface area contributed by atoms with E-state index in [1.807, 2.05) is 24.3 Å². The summed E-state index contributed by atoms with van der Waals surface area (Å²) in [5.41, 5.74) is 1.17. The van der Waals surface area contributed by atoms with Gasteiger partial charge in [-0.1, -0.05) is 23.7 Å². The van der Waals surface area contributed by atoms with Crippen molar-refractivity contribution in [3.63, 3.8) is 0 Å². The molecular formula is C12H16ClNO. The monoisotopic (exact) mass is 225 g/mol. The third-order valence-electron chi connectivity index (χ3n) is 2.94. The molecule has 0 saturated heterocycles. The molecule has 0 amide bonds. The van der Waals surface area contributed by atoms with Crippen LogP contribution in [-0.2, 0) is 6.54 Å². The molecule has 3 heteroatoms. The number of nitrogens with one attached hydrogen (secondary N) is 1. The van der Waals surface area contributed by atoms with E-state index in [1.165, 1.54) is 5.56 Å². The van der Waals surface area contributed by atoms with Crippen LogP contribution in [0.15, 0.2) is 24.3 Å². The number of hydrogen-bond donors (Lipinski definition) is 2. The van der Waals surface area contributed by atoms with Gasteiger partial charge in [0.1, 0.15) is 0 Å². The summed E-state index contributed by atoms with van der Waals surface area (Å²) < 4.78 is 0. The zero-order valence-corrected chi connectivity index (χ0v) is 9.37. The molecule has 1 aliphatic rings. The normalized spacial score (nSPS) is 25.7. The highest BCUT2D eigenvalue weighted by atomic mass is 35.5. The first kappa shape index (κ1) is 10.9. The zero-order chi connectivity index (χ0) is 10.7. The van der Waals surface area contributed by atoms with Gasteiger partial charge in [-0.3, -0.25) is 0 Å². The number of aliphatic hydroxyl groups is 1. The van der Waals surface area contributed by atoms with Crippen molar-refractivity contribution in [2.45, 2.75) is 38.0 Å². The van der Waals surface area contributed by atoms with Crippen LogP contribution in [0.2, 0.25) is 5.02 Å². The highest BCUT2D eigenvalue weighted by Crippen LogP contribution is 2.19. The van der Waals surface area contributed by atoms with Crippen molar-refractivity contribution in [1.29, 1.82) is 0 Å². The standard InChI is InChI=1S/C12H16ClNO/c13-10-4-1-3-9(7-10)8-14-11-5-2-6-12(11)15/h1,3-4,7,11-12,14-15H,2,5-6,8H2/t11-,12-/m1/s1. The van der Waals surface area contributed by atoms with Gasteiger partial charge in [0.2, 0.25) is 0 Å². The zero-order valence-electron chi connectivity index (χ0n) is 8.62. The maximum absolute atomic E-state index is 9.63. The molecule has 0 aliphatic heterocycles. The average molecular weight is 226 g/mol. The van der Waals surface area contributed by atoms with Crippen LogP contribution in [0.5, 0.6) is 0 Å². The van der Waals surface area contributed by atoms with Crippen molar-refractivity contribution in [3.8, 4) is 0 Å². The molecule has 2 nitrogen and oxygen atoms in total. The number of aliphatic hydroxyl groups excluding tert-OH is 1. The Morgan fingerprint density at radius 2 is 2.27 bits per heavy atom. The number of hydrogen-bond acceptors (Lipinski definition) is 2. The van der Waals surface area contributed by atoms with Gasteiger partial charge in [-0.15, -0.1) is 0 Å². The van der Waals surface area contributed by atoms with Gasteiger partial charge in [-0.05, 0) is 37.0 Å². The Balaban J connectivity index is 1.87. The molecule has 1 saturated carbocycles. The van der Waals surface area contributed by atoms with Crippen molar-refractivity contribution >= 4 is 11.6 Å². The molecular weight excluding hydrogens is 210 g/mol. The van der Waals surface area contributed by atoms with Crippen molar-refractivity contribution in [2.75, 3.05) is 0 Å². The molecule has 82 valence electrons. The highest BCUT2D eigenvalue weighted by Gasteiger charge is 2.24. The van der Waals surface area contributed by atoms with Crippen LogP contribution < -0.4 is 5.32 Å². The molecule has 2 rings (SSSR count). The van der Waals surface area contributed by atoms with Crippen LogP contribution in [-0.4, -0.2) is 17.3 Å². The van der Waals surface area contributed by atoms with Crippen LogP contribution in [0.3, 0.4) is 0 Å². The summed E-state index contributed by atoms with van der Waals surface area (Å²) in [6, 6.07) is 8.07. The summed E-state index contributed by atoms with van der Waals surface area (Å²) in [7, 11) is 0. The van der Waals surface area contributed by atoms with Crippen LogP contribution >= 0.6 is 11.6 Å². The predicted molar refractivity (Wildman–Crippen MR) is 61.9 cm³/mol. The van der Waals surface area contributed by atoms with Crippen molar-refractivity contribution < 1.29 is 5.11 Å². The second-order valence-corrected chi connectivity index (χ2v) is 4.55. The SMILES string of the molecule is O[C@@H]1CCC[C@H]1NCc1cccc(Cl)c1. The quantitative estimate of drug-likeness (QED) is 0.828. The van der Waals surface area contributed by atoms with Gasteiger partial charge in [0, 0.05) is 17.6 Å². The third kappa shape index (κ3) is 2.94. The van der Waals surface area contributed by atoms with Crippen molar-refractivity contribution in [3.05, 3.63) is 34.9 Å². The first-order valence-corrected chi connectivity index (χ1v) is 5.79. The molecule has 1 aromatic rings. The van der Waals surface area contributed by atoms with Crippen molar-refractivity contribution in [1.82, 2.24) is 5.32 Å². The van der Waals surface area contributed by atoms with E-state index >= 15 is 0 Å². The van der Waals surface area contributed by atoms with Gasteiger partial charge >= 0.3 is 0 Å². The maximum atomic E-state index is 9.63. The molecule has 0 bridgehead atoms. The van der Waals surface area contributed by atoms with Gasteiger partial charge in [0.05, 0.1) is 6.10 Å². The van der Waals surface area contributed by atoms with E-state index in [4.69, 9.17) is 11.6 Å². The average Bonchev–Trinajstić information content (AvgIpc) is 2.61. The smallest absolute Gasteiger partial charge is 0.0693 e. The van der Waals surface area contributed by atoms with E-state index in [-0.39, 0.29) is 12.1 Å². The Kier molecular flexibility index (Phi) is 3.62. The van der Waals surface area contributed by atoms with E-state index in [0.29, 0.717) is 0 Å². The van der Waals surface area contributed by atoms with Crippen LogP contribution in [0.4, 0.5) is 0 Å². The van der Waals surface area contributed by atoms with Gasteiger partial charge in [0.15, 0.2) is 0 Å². The molecule has 1 aliphatic carbocycles. The van der Waals surface area contributed by atoms with Gasteiger partial charge in [-0.25, -0.2) is 0 Å². The minimum atomic E-state index is -0.177. The summed E-state index contributed by atoms with van der Waals surface area (Å²) in [4.78, 5) is 0.